The van der Waals surface area contributed by atoms with E-state index in [4.69, 9.17) is 4.52 Å². The summed E-state index contributed by atoms with van der Waals surface area (Å²) >= 11 is 0. The Morgan fingerprint density at radius 3 is 2.92 bits per heavy atom. The number of para-hydroxylation sites is 1. The number of fused-ring (bicyclic) bond motifs is 1. The standard InChI is InChI=1S/C9H8NO2P/c1-10-6-9(12-13-11)7-4-2-3-5-8(7)10/h2-6H,1H3. The quantitative estimate of drug-likeness (QED) is 0.686. The Hall–Kier alpha value is -1.34. The molecule has 0 unspecified atom stereocenters. The fourth-order valence-electron chi connectivity index (χ4n) is 1.42. The van der Waals surface area contributed by atoms with E-state index in [1.54, 1.807) is 0 Å². The van der Waals surface area contributed by atoms with E-state index in [1.807, 2.05) is 42.1 Å². The summed E-state index contributed by atoms with van der Waals surface area (Å²) in [6, 6.07) is 7.82. The Morgan fingerprint density at radius 2 is 2.15 bits per heavy atom. The SMILES string of the molecule is Cn1cc(OP=O)c2ccccc21. The van der Waals surface area contributed by atoms with Gasteiger partial charge in [0.05, 0.1) is 5.52 Å². The van der Waals surface area contributed by atoms with Gasteiger partial charge in [0.15, 0.2) is 5.75 Å². The fourth-order valence-corrected chi connectivity index (χ4v) is 1.64. The van der Waals surface area contributed by atoms with E-state index in [0.29, 0.717) is 5.75 Å². The summed E-state index contributed by atoms with van der Waals surface area (Å²) in [7, 11) is 1.61. The van der Waals surface area contributed by atoms with Gasteiger partial charge in [0.1, 0.15) is 0 Å². The highest BCUT2D eigenvalue weighted by molar-refractivity contribution is 7.17. The first-order chi connectivity index (χ1) is 6.33. The molecule has 0 amide bonds. The molecule has 2 aromatic rings. The predicted octanol–water partition coefficient (Wildman–Crippen LogP) is 2.76. The maximum absolute atomic E-state index is 10.3. The first-order valence-corrected chi connectivity index (χ1v) is 4.59. The highest BCUT2D eigenvalue weighted by Crippen LogP contribution is 2.28. The highest BCUT2D eigenvalue weighted by atomic mass is 31.1. The Bertz CT molecular complexity index is 450. The molecule has 0 fully saturated rings. The molecule has 0 radical (unpaired) electrons. The molecule has 0 aliphatic rings. The highest BCUT2D eigenvalue weighted by Gasteiger charge is 2.05. The van der Waals surface area contributed by atoms with E-state index < -0.39 is 0 Å². The Labute approximate surface area is 77.2 Å². The maximum atomic E-state index is 10.3. The van der Waals surface area contributed by atoms with Crippen molar-refractivity contribution in [3.8, 4) is 5.75 Å². The molecule has 1 heterocycles. The van der Waals surface area contributed by atoms with Crippen LogP contribution in [0.5, 0.6) is 5.75 Å². The third-order valence-electron chi connectivity index (χ3n) is 2.00. The third-order valence-corrected chi connectivity index (χ3v) is 2.27. The minimum absolute atomic E-state index is 0.316. The summed E-state index contributed by atoms with van der Waals surface area (Å²) < 4.78 is 17.2. The van der Waals surface area contributed by atoms with Crippen molar-refractivity contribution < 1.29 is 9.09 Å². The molecule has 2 rings (SSSR count). The lowest BCUT2D eigenvalue weighted by molar-refractivity contribution is 0.527. The molecule has 4 heteroatoms. The zero-order valence-corrected chi connectivity index (χ0v) is 7.99. The molecule has 1 aromatic heterocycles. The van der Waals surface area contributed by atoms with Gasteiger partial charge in [-0.1, -0.05) is 12.1 Å². The van der Waals surface area contributed by atoms with Crippen molar-refractivity contribution in [2.45, 2.75) is 0 Å². The number of aromatic nitrogens is 1. The molecule has 13 heavy (non-hydrogen) atoms. The summed E-state index contributed by atoms with van der Waals surface area (Å²) in [5.74, 6) is 0.648. The monoisotopic (exact) mass is 193 g/mol. The van der Waals surface area contributed by atoms with Crippen molar-refractivity contribution in [2.24, 2.45) is 7.05 Å². The van der Waals surface area contributed by atoms with E-state index in [0.717, 1.165) is 10.9 Å². The van der Waals surface area contributed by atoms with Crippen molar-refractivity contribution in [2.75, 3.05) is 0 Å². The van der Waals surface area contributed by atoms with Crippen molar-refractivity contribution >= 4 is 19.6 Å². The zero-order valence-electron chi connectivity index (χ0n) is 7.10. The third kappa shape index (κ3) is 1.31. The smallest absolute Gasteiger partial charge is 0.395 e. The number of benzene rings is 1. The van der Waals surface area contributed by atoms with Crippen LogP contribution in [-0.2, 0) is 11.6 Å². The van der Waals surface area contributed by atoms with Gasteiger partial charge in [-0.2, -0.15) is 0 Å². The molecule has 0 bridgehead atoms. The molecular weight excluding hydrogens is 185 g/mol. The van der Waals surface area contributed by atoms with Gasteiger partial charge in [0.2, 0.25) is 0 Å². The molecule has 66 valence electrons. The maximum Gasteiger partial charge on any atom is 0.395 e. The molecule has 1 aromatic carbocycles. The molecule has 3 nitrogen and oxygen atoms in total. The van der Waals surface area contributed by atoms with Crippen LogP contribution in [0.2, 0.25) is 0 Å². The van der Waals surface area contributed by atoms with Gasteiger partial charge in [-0.25, -0.2) is 4.57 Å². The molecular formula is C9H8NO2P. The lowest BCUT2D eigenvalue weighted by atomic mass is 10.2. The van der Waals surface area contributed by atoms with Gasteiger partial charge in [-0.3, -0.25) is 0 Å². The van der Waals surface area contributed by atoms with Crippen LogP contribution < -0.4 is 4.52 Å². The van der Waals surface area contributed by atoms with Crippen LogP contribution in [0.3, 0.4) is 0 Å². The van der Waals surface area contributed by atoms with Gasteiger partial charge in [0, 0.05) is 18.6 Å². The average Bonchev–Trinajstić information content (AvgIpc) is 2.46. The van der Waals surface area contributed by atoms with Gasteiger partial charge in [0.25, 0.3) is 0 Å². The van der Waals surface area contributed by atoms with Crippen LogP contribution in [0.4, 0.5) is 0 Å². The summed E-state index contributed by atoms with van der Waals surface area (Å²) in [5, 5.41) is 0.980. The second-order valence-corrected chi connectivity index (χ2v) is 3.12. The molecule has 0 spiro atoms. The van der Waals surface area contributed by atoms with E-state index >= 15 is 0 Å². The number of hydrogen-bond donors (Lipinski definition) is 0. The predicted molar refractivity (Wildman–Crippen MR) is 51.2 cm³/mol. The second-order valence-electron chi connectivity index (χ2n) is 2.79. The number of rotatable bonds is 2. The van der Waals surface area contributed by atoms with Crippen molar-refractivity contribution in [3.63, 3.8) is 0 Å². The first-order valence-electron chi connectivity index (χ1n) is 3.86. The zero-order chi connectivity index (χ0) is 9.26. The van der Waals surface area contributed by atoms with E-state index in [9.17, 15) is 4.57 Å². The molecule has 0 saturated heterocycles. The van der Waals surface area contributed by atoms with Crippen LogP contribution in [-0.4, -0.2) is 4.57 Å². The molecule has 0 N–H and O–H groups in total. The Morgan fingerprint density at radius 1 is 1.38 bits per heavy atom. The average molecular weight is 193 g/mol. The number of nitrogens with zero attached hydrogens (tertiary/aromatic N) is 1. The van der Waals surface area contributed by atoms with Gasteiger partial charge >= 0.3 is 8.69 Å². The fraction of sp³-hybridized carbons (Fsp3) is 0.111. The van der Waals surface area contributed by atoms with Crippen molar-refractivity contribution in [1.29, 1.82) is 0 Å². The van der Waals surface area contributed by atoms with Crippen LogP contribution in [0, 0.1) is 0 Å². The lowest BCUT2D eigenvalue weighted by Crippen LogP contribution is -1.81. The summed E-state index contributed by atoms with van der Waals surface area (Å²) in [6.45, 7) is 0. The number of hydrogen-bond acceptors (Lipinski definition) is 2. The minimum Gasteiger partial charge on any atom is -0.405 e. The van der Waals surface area contributed by atoms with Crippen molar-refractivity contribution in [3.05, 3.63) is 30.5 Å². The van der Waals surface area contributed by atoms with Crippen LogP contribution in [0.15, 0.2) is 30.5 Å². The number of aryl methyl sites for hydroxylation is 1. The largest absolute Gasteiger partial charge is 0.405 e. The van der Waals surface area contributed by atoms with Crippen LogP contribution in [0.1, 0.15) is 0 Å². The Balaban J connectivity index is 2.70. The van der Waals surface area contributed by atoms with Gasteiger partial charge in [-0.05, 0) is 12.1 Å². The van der Waals surface area contributed by atoms with Gasteiger partial charge in [-0.15, -0.1) is 0 Å². The molecule has 0 atom stereocenters. The minimum atomic E-state index is -0.316. The van der Waals surface area contributed by atoms with Crippen LogP contribution in [0.25, 0.3) is 10.9 Å². The molecule has 0 saturated carbocycles. The topological polar surface area (TPSA) is 31.2 Å². The van der Waals surface area contributed by atoms with E-state index in [1.165, 1.54) is 0 Å². The summed E-state index contributed by atoms with van der Waals surface area (Å²) in [4.78, 5) is 0. The summed E-state index contributed by atoms with van der Waals surface area (Å²) in [5.41, 5.74) is 1.07. The van der Waals surface area contributed by atoms with Gasteiger partial charge < -0.3 is 9.09 Å². The van der Waals surface area contributed by atoms with E-state index in [2.05, 4.69) is 0 Å². The second kappa shape index (κ2) is 3.19. The Kier molecular flexibility index (Phi) is 2.03. The first kappa shape index (κ1) is 8.27. The normalized spacial score (nSPS) is 10.8. The molecule has 0 aliphatic carbocycles. The lowest BCUT2D eigenvalue weighted by Gasteiger charge is -1.92. The van der Waals surface area contributed by atoms with Crippen LogP contribution >= 0.6 is 8.69 Å². The van der Waals surface area contributed by atoms with E-state index in [-0.39, 0.29) is 8.69 Å². The summed E-state index contributed by atoms with van der Waals surface area (Å²) in [6.07, 6.45) is 1.82. The molecule has 0 aliphatic heterocycles. The van der Waals surface area contributed by atoms with Crippen molar-refractivity contribution in [1.82, 2.24) is 4.57 Å².